The van der Waals surface area contributed by atoms with E-state index in [1.165, 1.54) is 0 Å². The van der Waals surface area contributed by atoms with Crippen LogP contribution in [0, 0.1) is 5.92 Å². The van der Waals surface area contributed by atoms with Crippen molar-refractivity contribution in [2.24, 2.45) is 10.9 Å². The topological polar surface area (TPSA) is 58.5 Å². The van der Waals surface area contributed by atoms with Gasteiger partial charge in [0.25, 0.3) is 5.91 Å². The number of nitrogens with zero attached hydrogens (tertiary/aromatic N) is 1. The highest BCUT2D eigenvalue weighted by Crippen LogP contribution is 2.26. The summed E-state index contributed by atoms with van der Waals surface area (Å²) in [6, 6.07) is 14.0. The SMILES string of the molecule is CC1=CC(=O)NC2=CC(=NC(=O)Cc3cccc4ccccc34)C=CC12. The van der Waals surface area contributed by atoms with Crippen LogP contribution < -0.4 is 5.32 Å². The van der Waals surface area contributed by atoms with Crippen LogP contribution in [0.2, 0.25) is 0 Å². The van der Waals surface area contributed by atoms with Crippen LogP contribution in [0.15, 0.2) is 83.0 Å². The van der Waals surface area contributed by atoms with Gasteiger partial charge in [0.2, 0.25) is 5.91 Å². The lowest BCUT2D eigenvalue weighted by molar-refractivity contribution is -0.117. The highest BCUT2D eigenvalue weighted by Gasteiger charge is 2.23. The molecule has 2 amide bonds. The maximum Gasteiger partial charge on any atom is 0.250 e. The molecule has 0 radical (unpaired) electrons. The molecule has 1 aliphatic heterocycles. The van der Waals surface area contributed by atoms with Crippen molar-refractivity contribution >= 4 is 28.3 Å². The van der Waals surface area contributed by atoms with Crippen molar-refractivity contribution in [3.8, 4) is 0 Å². The predicted molar refractivity (Wildman–Crippen MR) is 103 cm³/mol. The van der Waals surface area contributed by atoms with Crippen molar-refractivity contribution in [2.75, 3.05) is 0 Å². The van der Waals surface area contributed by atoms with Crippen molar-refractivity contribution in [1.29, 1.82) is 0 Å². The van der Waals surface area contributed by atoms with Gasteiger partial charge in [-0.2, -0.15) is 0 Å². The molecule has 1 aliphatic carbocycles. The summed E-state index contributed by atoms with van der Waals surface area (Å²) < 4.78 is 0. The van der Waals surface area contributed by atoms with Crippen LogP contribution in [-0.4, -0.2) is 17.5 Å². The smallest absolute Gasteiger partial charge is 0.250 e. The van der Waals surface area contributed by atoms with Gasteiger partial charge in [-0.05, 0) is 35.4 Å². The quantitative estimate of drug-likeness (QED) is 0.908. The second kappa shape index (κ2) is 6.56. The zero-order valence-corrected chi connectivity index (χ0v) is 14.4. The number of hydrogen-bond acceptors (Lipinski definition) is 2. The molecule has 1 atom stereocenters. The molecule has 0 saturated carbocycles. The Morgan fingerprint density at radius 1 is 1.12 bits per heavy atom. The number of rotatable bonds is 2. The fourth-order valence-electron chi connectivity index (χ4n) is 3.44. The van der Waals surface area contributed by atoms with Gasteiger partial charge in [0.15, 0.2) is 0 Å². The largest absolute Gasteiger partial charge is 0.325 e. The van der Waals surface area contributed by atoms with Gasteiger partial charge in [0.1, 0.15) is 0 Å². The number of hydrogen-bond donors (Lipinski definition) is 1. The molecule has 1 heterocycles. The first kappa shape index (κ1) is 16.2. The minimum absolute atomic E-state index is 0.0554. The molecule has 0 saturated heterocycles. The van der Waals surface area contributed by atoms with Crippen molar-refractivity contribution in [3.63, 3.8) is 0 Å². The summed E-state index contributed by atoms with van der Waals surface area (Å²) in [4.78, 5) is 28.4. The van der Waals surface area contributed by atoms with E-state index in [4.69, 9.17) is 0 Å². The van der Waals surface area contributed by atoms with E-state index >= 15 is 0 Å². The van der Waals surface area contributed by atoms with Crippen LogP contribution in [0.4, 0.5) is 0 Å². The monoisotopic (exact) mass is 342 g/mol. The second-order valence-corrected chi connectivity index (χ2v) is 6.56. The van der Waals surface area contributed by atoms with Gasteiger partial charge >= 0.3 is 0 Å². The van der Waals surface area contributed by atoms with E-state index in [2.05, 4.69) is 10.3 Å². The van der Waals surface area contributed by atoms with Gasteiger partial charge in [0.05, 0.1) is 12.1 Å². The molecule has 26 heavy (non-hydrogen) atoms. The van der Waals surface area contributed by atoms with Crippen molar-refractivity contribution in [1.82, 2.24) is 5.32 Å². The Labute approximate surface area is 151 Å². The summed E-state index contributed by atoms with van der Waals surface area (Å²) in [5.74, 6) is -0.285. The van der Waals surface area contributed by atoms with E-state index in [-0.39, 0.29) is 24.2 Å². The molecule has 1 N–H and O–H groups in total. The fourth-order valence-corrected chi connectivity index (χ4v) is 3.44. The lowest BCUT2D eigenvalue weighted by Crippen LogP contribution is -2.32. The standard InChI is InChI=1S/C22H18N2O2/c1-14-11-21(25)24-20-13-17(9-10-18(14)20)23-22(26)12-16-7-4-6-15-5-2-3-8-19(15)16/h2-11,13,18H,12H2,1H3,(H,24,25). The number of carbonyl (C=O) groups is 2. The maximum atomic E-state index is 12.5. The second-order valence-electron chi connectivity index (χ2n) is 6.56. The molecule has 1 unspecified atom stereocenters. The molecule has 2 aromatic rings. The highest BCUT2D eigenvalue weighted by molar-refractivity contribution is 6.11. The molecule has 0 spiro atoms. The molecule has 128 valence electrons. The Bertz CT molecular complexity index is 1040. The number of aliphatic imine (C=N–C) groups is 1. The Kier molecular flexibility index (Phi) is 4.09. The van der Waals surface area contributed by atoms with Crippen LogP contribution in [0.1, 0.15) is 12.5 Å². The Balaban J connectivity index is 1.57. The third kappa shape index (κ3) is 3.14. The van der Waals surface area contributed by atoms with E-state index in [1.807, 2.05) is 61.5 Å². The highest BCUT2D eigenvalue weighted by atomic mass is 16.2. The number of nitrogens with one attached hydrogen (secondary N) is 1. The van der Waals surface area contributed by atoms with Gasteiger partial charge < -0.3 is 5.32 Å². The first-order valence-corrected chi connectivity index (χ1v) is 8.57. The number of carbonyl (C=O) groups excluding carboxylic acids is 2. The predicted octanol–water partition coefficient (Wildman–Crippen LogP) is 3.50. The van der Waals surface area contributed by atoms with Gasteiger partial charge in [0, 0.05) is 17.7 Å². The van der Waals surface area contributed by atoms with E-state index < -0.39 is 0 Å². The number of benzene rings is 2. The molecule has 4 heteroatoms. The van der Waals surface area contributed by atoms with Crippen LogP contribution in [0.3, 0.4) is 0 Å². The minimum atomic E-state index is -0.203. The zero-order chi connectivity index (χ0) is 18.1. The Morgan fingerprint density at radius 3 is 2.81 bits per heavy atom. The molecular formula is C22H18N2O2. The lowest BCUT2D eigenvalue weighted by atomic mass is 9.89. The molecule has 2 aromatic carbocycles. The minimum Gasteiger partial charge on any atom is -0.325 e. The molecule has 4 nitrogen and oxygen atoms in total. The number of allylic oxidation sites excluding steroid dienone is 3. The van der Waals surface area contributed by atoms with Gasteiger partial charge in [-0.3, -0.25) is 9.59 Å². The summed E-state index contributed by atoms with van der Waals surface area (Å²) in [6.45, 7) is 1.93. The Morgan fingerprint density at radius 2 is 1.92 bits per heavy atom. The lowest BCUT2D eigenvalue weighted by Gasteiger charge is -2.25. The molecule has 0 bridgehead atoms. The Hall–Kier alpha value is -3.27. The zero-order valence-electron chi connectivity index (χ0n) is 14.4. The summed E-state index contributed by atoms with van der Waals surface area (Å²) >= 11 is 0. The van der Waals surface area contributed by atoms with Gasteiger partial charge in [-0.1, -0.05) is 54.1 Å². The van der Waals surface area contributed by atoms with Crippen LogP contribution in [0.25, 0.3) is 10.8 Å². The fraction of sp³-hybridized carbons (Fsp3) is 0.136. The van der Waals surface area contributed by atoms with E-state index in [0.29, 0.717) is 5.71 Å². The van der Waals surface area contributed by atoms with Crippen LogP contribution >= 0.6 is 0 Å². The molecule has 0 fully saturated rings. The summed E-state index contributed by atoms with van der Waals surface area (Å²) in [5, 5.41) is 5.01. The van der Waals surface area contributed by atoms with Crippen LogP contribution in [0.5, 0.6) is 0 Å². The third-order valence-electron chi connectivity index (χ3n) is 4.69. The van der Waals surface area contributed by atoms with E-state index in [9.17, 15) is 9.59 Å². The third-order valence-corrected chi connectivity index (χ3v) is 4.69. The van der Waals surface area contributed by atoms with E-state index in [0.717, 1.165) is 27.6 Å². The van der Waals surface area contributed by atoms with Crippen molar-refractivity contribution < 1.29 is 9.59 Å². The van der Waals surface area contributed by atoms with Crippen molar-refractivity contribution in [3.05, 3.63) is 83.6 Å². The average Bonchev–Trinajstić information content (AvgIpc) is 2.61. The first-order valence-electron chi connectivity index (χ1n) is 8.57. The molecular weight excluding hydrogens is 324 g/mol. The summed E-state index contributed by atoms with van der Waals surface area (Å²) in [6.07, 6.45) is 7.42. The summed E-state index contributed by atoms with van der Waals surface area (Å²) in [5.41, 5.74) is 3.29. The first-order chi connectivity index (χ1) is 12.6. The average molecular weight is 342 g/mol. The maximum absolute atomic E-state index is 12.5. The normalized spacial score (nSPS) is 20.4. The van der Waals surface area contributed by atoms with E-state index in [1.54, 1.807) is 12.2 Å². The van der Waals surface area contributed by atoms with Gasteiger partial charge in [-0.15, -0.1) is 0 Å². The number of fused-ring (bicyclic) bond motifs is 2. The summed E-state index contributed by atoms with van der Waals surface area (Å²) in [7, 11) is 0. The van der Waals surface area contributed by atoms with Crippen molar-refractivity contribution in [2.45, 2.75) is 13.3 Å². The molecule has 0 aromatic heterocycles. The van der Waals surface area contributed by atoms with Crippen LogP contribution in [-0.2, 0) is 16.0 Å². The van der Waals surface area contributed by atoms with Gasteiger partial charge in [-0.25, -0.2) is 4.99 Å². The number of amides is 2. The molecule has 2 aliphatic rings. The molecule has 4 rings (SSSR count).